The summed E-state index contributed by atoms with van der Waals surface area (Å²) in [7, 11) is 0. The molecule has 0 aliphatic heterocycles. The van der Waals surface area contributed by atoms with E-state index in [1.807, 2.05) is 19.1 Å². The van der Waals surface area contributed by atoms with Crippen molar-refractivity contribution in [1.29, 1.82) is 0 Å². The average molecular weight is 379 g/mol. The molecule has 0 unspecified atom stereocenters. The maximum Gasteiger partial charge on any atom is 0.243 e. The average Bonchev–Trinajstić information content (AvgIpc) is 2.49. The van der Waals surface area contributed by atoms with Crippen molar-refractivity contribution >= 4 is 33.4 Å². The van der Waals surface area contributed by atoms with Crippen molar-refractivity contribution in [2.45, 2.75) is 13.3 Å². The van der Waals surface area contributed by atoms with Crippen LogP contribution in [0.15, 0.2) is 46.9 Å². The second-order valence-corrected chi connectivity index (χ2v) is 5.95. The van der Waals surface area contributed by atoms with E-state index >= 15 is 0 Å². The molecule has 0 saturated heterocycles. The van der Waals surface area contributed by atoms with E-state index in [0.717, 1.165) is 10.0 Å². The second-order valence-electron chi connectivity index (χ2n) is 5.10. The van der Waals surface area contributed by atoms with Gasteiger partial charge in [0.05, 0.1) is 13.0 Å². The van der Waals surface area contributed by atoms with Crippen molar-refractivity contribution in [3.8, 4) is 0 Å². The Morgan fingerprint density at radius 3 is 2.61 bits per heavy atom. The van der Waals surface area contributed by atoms with Crippen LogP contribution in [-0.2, 0) is 16.0 Å². The van der Waals surface area contributed by atoms with Gasteiger partial charge in [0.2, 0.25) is 11.8 Å². The van der Waals surface area contributed by atoms with E-state index in [9.17, 15) is 14.0 Å². The summed E-state index contributed by atoms with van der Waals surface area (Å²) in [4.78, 5) is 23.6. The fraction of sp³-hybridized carbons (Fsp3) is 0.176. The Hall–Kier alpha value is -2.21. The highest BCUT2D eigenvalue weighted by molar-refractivity contribution is 9.10. The molecule has 0 spiro atoms. The Morgan fingerprint density at radius 1 is 1.13 bits per heavy atom. The summed E-state index contributed by atoms with van der Waals surface area (Å²) in [5.74, 6) is -1.05. The van der Waals surface area contributed by atoms with Crippen LogP contribution in [0.25, 0.3) is 0 Å². The van der Waals surface area contributed by atoms with Crippen LogP contribution in [0.5, 0.6) is 0 Å². The third kappa shape index (κ3) is 5.49. The number of aryl methyl sites for hydroxylation is 1. The predicted molar refractivity (Wildman–Crippen MR) is 90.6 cm³/mol. The maximum absolute atomic E-state index is 13.0. The monoisotopic (exact) mass is 378 g/mol. The first kappa shape index (κ1) is 17.1. The highest BCUT2D eigenvalue weighted by Crippen LogP contribution is 2.19. The van der Waals surface area contributed by atoms with Crippen LogP contribution in [0, 0.1) is 12.7 Å². The van der Waals surface area contributed by atoms with Crippen LogP contribution in [0.1, 0.15) is 11.1 Å². The van der Waals surface area contributed by atoms with Gasteiger partial charge in [-0.3, -0.25) is 9.59 Å². The Balaban J connectivity index is 1.81. The molecule has 0 aromatic heterocycles. The summed E-state index contributed by atoms with van der Waals surface area (Å²) >= 11 is 3.39. The zero-order valence-corrected chi connectivity index (χ0v) is 14.1. The fourth-order valence-electron chi connectivity index (χ4n) is 2.00. The zero-order chi connectivity index (χ0) is 16.8. The molecule has 0 saturated carbocycles. The minimum Gasteiger partial charge on any atom is -0.347 e. The first-order valence-electron chi connectivity index (χ1n) is 7.01. The Kier molecular flexibility index (Phi) is 5.87. The molecule has 2 amide bonds. The van der Waals surface area contributed by atoms with Crippen molar-refractivity contribution in [3.63, 3.8) is 0 Å². The quantitative estimate of drug-likeness (QED) is 0.839. The number of hydrogen-bond acceptors (Lipinski definition) is 2. The number of hydrogen-bond donors (Lipinski definition) is 2. The smallest absolute Gasteiger partial charge is 0.243 e. The Bertz CT molecular complexity index is 734. The number of anilines is 1. The first-order chi connectivity index (χ1) is 10.9. The van der Waals surface area contributed by atoms with Gasteiger partial charge in [-0.15, -0.1) is 0 Å². The van der Waals surface area contributed by atoms with Crippen molar-refractivity contribution in [1.82, 2.24) is 5.32 Å². The van der Waals surface area contributed by atoms with Gasteiger partial charge in [-0.05, 0) is 48.4 Å². The maximum atomic E-state index is 13.0. The zero-order valence-electron chi connectivity index (χ0n) is 12.5. The van der Waals surface area contributed by atoms with Crippen LogP contribution < -0.4 is 10.6 Å². The summed E-state index contributed by atoms with van der Waals surface area (Å²) < 4.78 is 14.0. The van der Waals surface area contributed by atoms with Crippen molar-refractivity contribution < 1.29 is 14.0 Å². The van der Waals surface area contributed by atoms with Crippen molar-refractivity contribution in [2.75, 3.05) is 11.9 Å². The lowest BCUT2D eigenvalue weighted by molar-refractivity contribution is -0.123. The van der Waals surface area contributed by atoms with Gasteiger partial charge in [0.25, 0.3) is 0 Å². The number of carbonyl (C=O) groups is 2. The normalized spacial score (nSPS) is 10.2. The molecule has 0 bridgehead atoms. The fourth-order valence-corrected chi connectivity index (χ4v) is 2.25. The molecule has 0 atom stereocenters. The van der Waals surface area contributed by atoms with Crippen LogP contribution >= 0.6 is 15.9 Å². The summed E-state index contributed by atoms with van der Waals surface area (Å²) in [6, 6.07) is 11.3. The molecule has 0 heterocycles. The summed E-state index contributed by atoms with van der Waals surface area (Å²) in [6.07, 6.45) is 0.0302. The highest BCUT2D eigenvalue weighted by Gasteiger charge is 2.08. The standard InChI is InChI=1S/C17H16BrFN2O2/c1-11-7-14(5-6-15(11)18)21-17(23)10-20-16(22)9-12-3-2-4-13(19)8-12/h2-8H,9-10H2,1H3,(H,20,22)(H,21,23). The van der Waals surface area contributed by atoms with E-state index in [0.29, 0.717) is 11.3 Å². The first-order valence-corrected chi connectivity index (χ1v) is 7.80. The molecular weight excluding hydrogens is 363 g/mol. The minimum absolute atomic E-state index is 0.0302. The SMILES string of the molecule is Cc1cc(NC(=O)CNC(=O)Cc2cccc(F)c2)ccc1Br. The van der Waals surface area contributed by atoms with Crippen LogP contribution in [0.4, 0.5) is 10.1 Å². The lowest BCUT2D eigenvalue weighted by atomic mass is 10.1. The lowest BCUT2D eigenvalue weighted by Gasteiger charge is -2.08. The van der Waals surface area contributed by atoms with E-state index in [1.165, 1.54) is 12.1 Å². The number of carbonyl (C=O) groups excluding carboxylic acids is 2. The second kappa shape index (κ2) is 7.87. The largest absolute Gasteiger partial charge is 0.347 e. The number of amides is 2. The van der Waals surface area contributed by atoms with Gasteiger partial charge in [0.15, 0.2) is 0 Å². The molecule has 0 fully saturated rings. The summed E-state index contributed by atoms with van der Waals surface area (Å²) in [5.41, 5.74) is 2.22. The van der Waals surface area contributed by atoms with E-state index in [4.69, 9.17) is 0 Å². The topological polar surface area (TPSA) is 58.2 Å². The van der Waals surface area contributed by atoms with Gasteiger partial charge < -0.3 is 10.6 Å². The van der Waals surface area contributed by atoms with Gasteiger partial charge in [0.1, 0.15) is 5.82 Å². The molecule has 0 aliphatic carbocycles. The predicted octanol–water partition coefficient (Wildman–Crippen LogP) is 3.19. The summed E-state index contributed by atoms with van der Waals surface area (Å²) in [5, 5.41) is 5.22. The molecule has 4 nitrogen and oxygen atoms in total. The van der Waals surface area contributed by atoms with Crippen molar-refractivity contribution in [2.24, 2.45) is 0 Å². The summed E-state index contributed by atoms with van der Waals surface area (Å²) in [6.45, 7) is 1.78. The van der Waals surface area contributed by atoms with E-state index in [2.05, 4.69) is 26.6 Å². The molecule has 23 heavy (non-hydrogen) atoms. The van der Waals surface area contributed by atoms with Crippen LogP contribution in [-0.4, -0.2) is 18.4 Å². The van der Waals surface area contributed by atoms with Gasteiger partial charge in [0, 0.05) is 10.2 Å². The van der Waals surface area contributed by atoms with E-state index in [1.54, 1.807) is 18.2 Å². The van der Waals surface area contributed by atoms with E-state index in [-0.39, 0.29) is 24.8 Å². The highest BCUT2D eigenvalue weighted by atomic mass is 79.9. The molecule has 2 aromatic carbocycles. The third-order valence-electron chi connectivity index (χ3n) is 3.14. The molecule has 2 rings (SSSR count). The molecule has 0 aliphatic rings. The van der Waals surface area contributed by atoms with E-state index < -0.39 is 5.82 Å². The Morgan fingerprint density at radius 2 is 1.91 bits per heavy atom. The molecule has 120 valence electrons. The van der Waals surface area contributed by atoms with Crippen LogP contribution in [0.2, 0.25) is 0 Å². The molecule has 0 radical (unpaired) electrons. The minimum atomic E-state index is -0.390. The third-order valence-corrected chi connectivity index (χ3v) is 4.03. The van der Waals surface area contributed by atoms with Gasteiger partial charge in [-0.2, -0.15) is 0 Å². The molecular formula is C17H16BrFN2O2. The molecule has 2 N–H and O–H groups in total. The lowest BCUT2D eigenvalue weighted by Crippen LogP contribution is -2.33. The molecule has 6 heteroatoms. The van der Waals surface area contributed by atoms with Gasteiger partial charge >= 0.3 is 0 Å². The number of benzene rings is 2. The number of rotatable bonds is 5. The van der Waals surface area contributed by atoms with Gasteiger partial charge in [-0.1, -0.05) is 28.1 Å². The van der Waals surface area contributed by atoms with Crippen LogP contribution in [0.3, 0.4) is 0 Å². The molecule has 2 aromatic rings. The van der Waals surface area contributed by atoms with Gasteiger partial charge in [-0.25, -0.2) is 4.39 Å². The van der Waals surface area contributed by atoms with Crippen molar-refractivity contribution in [3.05, 3.63) is 63.9 Å². The number of nitrogens with one attached hydrogen (secondary N) is 2. The number of halogens is 2. The Labute approximate surface area is 142 Å².